The van der Waals surface area contributed by atoms with Crippen molar-refractivity contribution in [2.24, 2.45) is 16.2 Å². The number of ether oxygens (including phenoxy) is 1. The summed E-state index contributed by atoms with van der Waals surface area (Å²) in [4.78, 5) is 24.8. The molecule has 2 aromatic carbocycles. The van der Waals surface area contributed by atoms with E-state index < -0.39 is 16.6 Å². The Bertz CT molecular complexity index is 1360. The molecule has 0 saturated heterocycles. The van der Waals surface area contributed by atoms with Gasteiger partial charge in [-0.15, -0.1) is 0 Å². The maximum Gasteiger partial charge on any atom is 0.338 e. The van der Waals surface area contributed by atoms with Crippen LogP contribution in [-0.2, 0) is 13.6 Å². The second-order valence-electron chi connectivity index (χ2n) is 18.1. The first-order valence-corrected chi connectivity index (χ1v) is 22.6. The first-order chi connectivity index (χ1) is 20.7. The monoisotopic (exact) mass is 648 g/mol. The third kappa shape index (κ3) is 6.56. The molecule has 0 heterocycles. The molecule has 0 N–H and O–H groups in total. The third-order valence-electron chi connectivity index (χ3n) is 12.2. The molecule has 7 heteroatoms. The number of hydrogen-bond donors (Lipinski definition) is 0. The lowest BCUT2D eigenvalue weighted by atomic mass is 9.34. The van der Waals surface area contributed by atoms with Crippen LogP contribution in [0.4, 0.5) is 0 Å². The highest BCUT2D eigenvalue weighted by Crippen LogP contribution is 2.74. The molecule has 45 heavy (non-hydrogen) atoms. The fourth-order valence-corrected chi connectivity index (χ4v) is 9.57. The number of hydrogen-bond acceptors (Lipinski definition) is 5. The Morgan fingerprint density at radius 1 is 0.622 bits per heavy atom. The number of benzene rings is 2. The lowest BCUT2D eigenvalue weighted by molar-refractivity contribution is -0.268. The van der Waals surface area contributed by atoms with Crippen LogP contribution in [0.3, 0.4) is 0 Å². The number of carbonyl (C=O) groups is 2. The van der Waals surface area contributed by atoms with E-state index in [0.29, 0.717) is 16.8 Å². The van der Waals surface area contributed by atoms with Gasteiger partial charge in [0.15, 0.2) is 22.4 Å². The summed E-state index contributed by atoms with van der Waals surface area (Å²) in [5.41, 5.74) is 1.83. The highest BCUT2D eigenvalue weighted by molar-refractivity contribution is 6.74. The minimum absolute atomic E-state index is 0.0574. The van der Waals surface area contributed by atoms with Crippen LogP contribution in [-0.4, -0.2) is 47.2 Å². The minimum atomic E-state index is -1.69. The van der Waals surface area contributed by atoms with Crippen molar-refractivity contribution in [2.75, 3.05) is 13.2 Å². The molecule has 0 aromatic heterocycles. The van der Waals surface area contributed by atoms with E-state index in [1.807, 2.05) is 60.7 Å². The molecule has 4 bridgehead atoms. The summed E-state index contributed by atoms with van der Waals surface area (Å²) >= 11 is 0. The van der Waals surface area contributed by atoms with Crippen molar-refractivity contribution in [1.29, 1.82) is 0 Å². The van der Waals surface area contributed by atoms with Gasteiger partial charge in [-0.1, -0.05) is 90.1 Å². The van der Waals surface area contributed by atoms with Crippen molar-refractivity contribution in [3.05, 3.63) is 71.8 Å². The highest BCUT2D eigenvalue weighted by Gasteiger charge is 2.72. The van der Waals surface area contributed by atoms with Gasteiger partial charge >= 0.3 is 5.97 Å². The van der Waals surface area contributed by atoms with Crippen LogP contribution in [0.15, 0.2) is 60.7 Å². The van der Waals surface area contributed by atoms with E-state index in [1.165, 1.54) is 0 Å². The van der Waals surface area contributed by atoms with E-state index in [4.69, 9.17) is 13.6 Å². The van der Waals surface area contributed by atoms with Crippen LogP contribution in [0.1, 0.15) is 101 Å². The lowest BCUT2D eigenvalue weighted by Crippen LogP contribution is -2.71. The third-order valence-corrected chi connectivity index (χ3v) is 21.1. The summed E-state index contributed by atoms with van der Waals surface area (Å²) in [5.74, 6) is 0.159. The molecule has 6 aliphatic carbocycles. The standard InChI is InChI=1S/C19H28O3Si.C19H28O2Si/c1-17(2,3)23(4,5)21-14-18-11-19(12-18,13-18)22-16(20)15-9-7-6-8-10-15;1-17(2,3)22(4,5)21-14-18-11-19(12-18,13-18)16(20)15-9-7-6-8-10-15/h6-10H,11-14H2,1-5H3;6-10H,11-14H2,1-5H3. The Labute approximate surface area is 274 Å². The first kappa shape index (κ1) is 34.3. The maximum atomic E-state index is 12.7. The van der Waals surface area contributed by atoms with Crippen LogP contribution >= 0.6 is 0 Å². The van der Waals surface area contributed by atoms with Crippen molar-refractivity contribution in [1.82, 2.24) is 0 Å². The zero-order valence-electron chi connectivity index (χ0n) is 29.5. The number of ketones is 1. The minimum Gasteiger partial charge on any atom is -0.455 e. The van der Waals surface area contributed by atoms with E-state index >= 15 is 0 Å². The summed E-state index contributed by atoms with van der Waals surface area (Å²) in [5, 5.41) is 0.502. The molecule has 6 saturated carbocycles. The highest BCUT2D eigenvalue weighted by atomic mass is 28.4. The van der Waals surface area contributed by atoms with Crippen LogP contribution in [0.5, 0.6) is 0 Å². The molecular formula is C38H56O5Si2. The van der Waals surface area contributed by atoms with Gasteiger partial charge in [-0.2, -0.15) is 0 Å². The molecule has 0 aliphatic heterocycles. The fraction of sp³-hybridized carbons (Fsp3) is 0.632. The van der Waals surface area contributed by atoms with Crippen LogP contribution < -0.4 is 0 Å². The summed E-state index contributed by atoms with van der Waals surface area (Å²) in [7, 11) is -3.36. The maximum absolute atomic E-state index is 12.7. The SMILES string of the molecule is CC(C)(C)[Si](C)(C)OCC12CC(C(=O)c3ccccc3)(C1)C2.CC(C)(C)[Si](C)(C)OCC12CC(OC(=O)c3ccccc3)(C1)C2. The first-order valence-electron chi connectivity index (χ1n) is 16.8. The summed E-state index contributed by atoms with van der Waals surface area (Å²) < 4.78 is 18.5. The van der Waals surface area contributed by atoms with E-state index in [-0.39, 0.29) is 32.5 Å². The number of Topliss-reactive ketones (excluding diaryl/α,β-unsaturated/α-hetero) is 1. The Kier molecular flexibility index (Phi) is 8.59. The predicted octanol–water partition coefficient (Wildman–Crippen LogP) is 9.85. The van der Waals surface area contributed by atoms with Gasteiger partial charge in [0.1, 0.15) is 5.60 Å². The van der Waals surface area contributed by atoms with Gasteiger partial charge in [0, 0.05) is 29.6 Å². The molecule has 0 radical (unpaired) electrons. The van der Waals surface area contributed by atoms with Crippen LogP contribution in [0, 0.1) is 16.2 Å². The molecule has 8 rings (SSSR count). The van der Waals surface area contributed by atoms with Gasteiger partial charge < -0.3 is 13.6 Å². The van der Waals surface area contributed by atoms with Crippen molar-refractivity contribution in [3.8, 4) is 0 Å². The molecule has 0 unspecified atom stereocenters. The van der Waals surface area contributed by atoms with Crippen LogP contribution in [0.25, 0.3) is 0 Å². The summed E-state index contributed by atoms with van der Waals surface area (Å²) in [6, 6.07) is 19.0. The van der Waals surface area contributed by atoms with Gasteiger partial charge in [0.2, 0.25) is 0 Å². The van der Waals surface area contributed by atoms with E-state index in [1.54, 1.807) is 0 Å². The largest absolute Gasteiger partial charge is 0.455 e. The van der Waals surface area contributed by atoms with Crippen LogP contribution in [0.2, 0.25) is 36.3 Å². The molecule has 0 atom stereocenters. The zero-order valence-corrected chi connectivity index (χ0v) is 31.5. The summed E-state index contributed by atoms with van der Waals surface area (Å²) in [6.07, 6.45) is 5.99. The smallest absolute Gasteiger partial charge is 0.338 e. The average molecular weight is 649 g/mol. The Balaban J connectivity index is 0.000000178. The number of esters is 1. The summed E-state index contributed by atoms with van der Waals surface area (Å²) in [6.45, 7) is 24.5. The van der Waals surface area contributed by atoms with Gasteiger partial charge in [0.05, 0.1) is 5.56 Å². The van der Waals surface area contributed by atoms with Crippen molar-refractivity contribution < 1.29 is 23.2 Å². The van der Waals surface area contributed by atoms with Gasteiger partial charge in [-0.25, -0.2) is 4.79 Å². The normalized spacial score (nSPS) is 29.9. The van der Waals surface area contributed by atoms with E-state index in [2.05, 4.69) is 67.7 Å². The Morgan fingerprint density at radius 3 is 1.40 bits per heavy atom. The molecule has 246 valence electrons. The molecular weight excluding hydrogens is 593 g/mol. The van der Waals surface area contributed by atoms with E-state index in [0.717, 1.165) is 57.3 Å². The van der Waals surface area contributed by atoms with Crippen molar-refractivity contribution in [2.45, 2.75) is 122 Å². The van der Waals surface area contributed by atoms with Crippen molar-refractivity contribution in [3.63, 3.8) is 0 Å². The van der Waals surface area contributed by atoms with E-state index in [9.17, 15) is 9.59 Å². The molecule has 0 spiro atoms. The Hall–Kier alpha value is -2.07. The van der Waals surface area contributed by atoms with Crippen molar-refractivity contribution >= 4 is 28.4 Å². The average Bonchev–Trinajstić information content (AvgIpc) is 2.87. The Morgan fingerprint density at radius 2 is 1.00 bits per heavy atom. The molecule has 5 nitrogen and oxygen atoms in total. The second kappa shape index (κ2) is 11.3. The lowest BCUT2D eigenvalue weighted by Gasteiger charge is -2.70. The topological polar surface area (TPSA) is 61.8 Å². The zero-order chi connectivity index (χ0) is 33.2. The fourth-order valence-electron chi connectivity index (χ4n) is 7.37. The number of carbonyl (C=O) groups excluding carboxylic acids is 2. The van der Waals surface area contributed by atoms with Gasteiger partial charge in [0.25, 0.3) is 0 Å². The van der Waals surface area contributed by atoms with Gasteiger partial charge in [-0.05, 0) is 92.3 Å². The molecule has 0 amide bonds. The predicted molar refractivity (Wildman–Crippen MR) is 187 cm³/mol. The van der Waals surface area contributed by atoms with Gasteiger partial charge in [-0.3, -0.25) is 4.79 Å². The second-order valence-corrected chi connectivity index (χ2v) is 27.7. The quantitative estimate of drug-likeness (QED) is 0.146. The molecule has 6 aliphatic rings. The number of rotatable bonds is 10. The molecule has 2 aromatic rings. The molecule has 6 fully saturated rings.